The number of quaternary nitrogens is 1. The lowest BCUT2D eigenvalue weighted by Gasteiger charge is -2.19. The Kier molecular flexibility index (Phi) is 5.27. The van der Waals surface area contributed by atoms with Gasteiger partial charge in [-0.25, -0.2) is 0 Å². The first-order chi connectivity index (χ1) is 12.8. The quantitative estimate of drug-likeness (QED) is 0.347. The Morgan fingerprint density at radius 3 is 1.22 bits per heavy atom. The van der Waals surface area contributed by atoms with Gasteiger partial charge in [-0.15, -0.1) is 0 Å². The molecule has 140 valence electrons. The molecular weight excluding hydrogens is 407 g/mol. The van der Waals surface area contributed by atoms with Crippen LogP contribution in [0.2, 0.25) is 0 Å². The molecule has 0 aliphatic carbocycles. The number of benzene rings is 2. The molecule has 0 saturated carbocycles. The molecule has 0 bridgehead atoms. The Bertz CT molecular complexity index is 876. The highest BCUT2D eigenvalue weighted by Crippen LogP contribution is 2.68. The average Bonchev–Trinajstić information content (AvgIpc) is 3.13. The molecule has 0 radical (unpaired) electrons. The van der Waals surface area contributed by atoms with Gasteiger partial charge in [0, 0.05) is 11.1 Å². The maximum Gasteiger partial charge on any atom is 0.153 e. The summed E-state index contributed by atoms with van der Waals surface area (Å²) in [4.78, 5) is 2.78. The molecular formula is C22H24NS4+. The fourth-order valence-corrected chi connectivity index (χ4v) is 9.84. The molecule has 0 fully saturated rings. The maximum atomic E-state index is 2.35. The first-order valence-electron chi connectivity index (χ1n) is 9.00. The summed E-state index contributed by atoms with van der Waals surface area (Å²) < 4.78 is 0.837. The van der Waals surface area contributed by atoms with Crippen LogP contribution in [-0.4, -0.2) is 2.10 Å². The number of hydrogen-bond acceptors (Lipinski definition) is 4. The van der Waals surface area contributed by atoms with Crippen LogP contribution < -0.4 is 0 Å². The van der Waals surface area contributed by atoms with E-state index < -0.39 is 0 Å². The minimum Gasteiger partial charge on any atom is -0.0631 e. The number of aryl methyl sites for hydroxylation is 6. The Morgan fingerprint density at radius 2 is 0.889 bits per heavy atom. The fraction of sp³-hybridized carbons (Fsp3) is 0.273. The van der Waals surface area contributed by atoms with Crippen LogP contribution >= 0.6 is 47.8 Å². The first-order valence-corrected chi connectivity index (χ1v) is 12.2. The van der Waals surface area contributed by atoms with Crippen LogP contribution in [0.25, 0.3) is 9.81 Å². The summed E-state index contributed by atoms with van der Waals surface area (Å²) in [5.41, 5.74) is 11.0. The summed E-state index contributed by atoms with van der Waals surface area (Å²) in [6.45, 7) is 13.3. The van der Waals surface area contributed by atoms with Crippen molar-refractivity contribution in [2.45, 2.75) is 41.5 Å². The number of hydrogen-bond donors (Lipinski definition) is 0. The van der Waals surface area contributed by atoms with Crippen LogP contribution in [0.5, 0.6) is 0 Å². The summed E-state index contributed by atoms with van der Waals surface area (Å²) in [5, 5.41) is 4.70. The Hall–Kier alpha value is -0.720. The van der Waals surface area contributed by atoms with Crippen LogP contribution in [0, 0.1) is 41.5 Å². The van der Waals surface area contributed by atoms with E-state index in [2.05, 4.69) is 76.6 Å². The third-order valence-corrected chi connectivity index (χ3v) is 10.7. The standard InChI is InChI=1S/C22H24NS4/c1-13-7-15(3)21(16(4)8-13)19-11-24-23(26-19)25-12-20(27-23)22-17(5)9-14(2)10-18(22)6/h7-12H,1-6H3/q+1. The third-order valence-electron chi connectivity index (χ3n) is 4.84. The molecule has 2 heterocycles. The van der Waals surface area contributed by atoms with E-state index in [9.17, 15) is 0 Å². The molecule has 0 N–H and O–H groups in total. The fourth-order valence-electron chi connectivity index (χ4n) is 3.98. The molecule has 27 heavy (non-hydrogen) atoms. The van der Waals surface area contributed by atoms with Gasteiger partial charge in [0.2, 0.25) is 0 Å². The lowest BCUT2D eigenvalue weighted by atomic mass is 10.00. The van der Waals surface area contributed by atoms with Gasteiger partial charge in [0.1, 0.15) is 23.9 Å². The maximum absolute atomic E-state index is 2.35. The molecule has 2 aliphatic heterocycles. The predicted molar refractivity (Wildman–Crippen MR) is 128 cm³/mol. The molecule has 0 atom stereocenters. The van der Waals surface area contributed by atoms with Gasteiger partial charge in [-0.2, -0.15) is 0 Å². The van der Waals surface area contributed by atoms with Crippen LogP contribution in [0.4, 0.5) is 0 Å². The van der Waals surface area contributed by atoms with Crippen LogP contribution in [0.15, 0.2) is 35.1 Å². The zero-order valence-corrected chi connectivity index (χ0v) is 19.8. The van der Waals surface area contributed by atoms with Gasteiger partial charge in [-0.3, -0.25) is 0 Å². The van der Waals surface area contributed by atoms with Gasteiger partial charge in [-0.1, -0.05) is 37.5 Å². The van der Waals surface area contributed by atoms with Crippen molar-refractivity contribution >= 4 is 57.6 Å². The van der Waals surface area contributed by atoms with E-state index in [4.69, 9.17) is 0 Å². The van der Waals surface area contributed by atoms with Gasteiger partial charge < -0.3 is 0 Å². The molecule has 2 aliphatic rings. The minimum atomic E-state index is 0.837. The lowest BCUT2D eigenvalue weighted by molar-refractivity contribution is -0.263. The van der Waals surface area contributed by atoms with Crippen molar-refractivity contribution in [3.05, 3.63) is 79.6 Å². The van der Waals surface area contributed by atoms with Crippen LogP contribution in [0.1, 0.15) is 44.5 Å². The summed E-state index contributed by atoms with van der Waals surface area (Å²) in [6.07, 6.45) is 0. The topological polar surface area (TPSA) is 0 Å². The van der Waals surface area contributed by atoms with Crippen molar-refractivity contribution in [2.75, 3.05) is 0 Å². The summed E-state index contributed by atoms with van der Waals surface area (Å²) in [6, 6.07) is 9.18. The molecule has 0 amide bonds. The van der Waals surface area contributed by atoms with Gasteiger partial charge in [0.15, 0.2) is 23.9 Å². The average molecular weight is 431 g/mol. The second-order valence-corrected chi connectivity index (χ2v) is 13.1. The zero-order valence-electron chi connectivity index (χ0n) is 16.5. The SMILES string of the molecule is Cc1cc(C)c(C2=CS[N+]3(SC=C(c4c(C)cc(C)cc4C)S3)S2)c(C)c1. The molecule has 2 aromatic rings. The number of nitrogens with zero attached hydrogens (tertiary/aromatic N) is 1. The van der Waals surface area contributed by atoms with Crippen molar-refractivity contribution in [3.8, 4) is 0 Å². The summed E-state index contributed by atoms with van der Waals surface area (Å²) in [7, 11) is 0. The minimum absolute atomic E-state index is 0.837. The largest absolute Gasteiger partial charge is 0.153 e. The van der Waals surface area contributed by atoms with E-state index in [0.717, 1.165) is 2.10 Å². The smallest absolute Gasteiger partial charge is 0.0631 e. The molecule has 4 rings (SSSR count). The van der Waals surface area contributed by atoms with Crippen LogP contribution in [-0.2, 0) is 0 Å². The van der Waals surface area contributed by atoms with Gasteiger partial charge in [0.25, 0.3) is 0 Å². The highest BCUT2D eigenvalue weighted by atomic mass is 32.3. The highest BCUT2D eigenvalue weighted by molar-refractivity contribution is 8.37. The molecule has 1 spiro atoms. The molecule has 2 aromatic carbocycles. The molecule has 0 saturated heterocycles. The highest BCUT2D eigenvalue weighted by Gasteiger charge is 2.48. The van der Waals surface area contributed by atoms with E-state index in [-0.39, 0.29) is 0 Å². The Morgan fingerprint density at radius 1 is 0.556 bits per heavy atom. The van der Waals surface area contributed by atoms with Crippen molar-refractivity contribution in [3.63, 3.8) is 0 Å². The number of rotatable bonds is 2. The normalized spacial score (nSPS) is 18.1. The van der Waals surface area contributed by atoms with Gasteiger partial charge >= 0.3 is 0 Å². The Labute approximate surface area is 180 Å². The zero-order chi connectivity index (χ0) is 19.3. The van der Waals surface area contributed by atoms with Crippen molar-refractivity contribution < 1.29 is 2.10 Å². The van der Waals surface area contributed by atoms with Gasteiger partial charge in [-0.05, 0) is 63.8 Å². The third kappa shape index (κ3) is 3.65. The first kappa shape index (κ1) is 19.6. The van der Waals surface area contributed by atoms with E-state index in [1.54, 1.807) is 0 Å². The molecule has 0 unspecified atom stereocenters. The summed E-state index contributed by atoms with van der Waals surface area (Å²) >= 11 is 7.72. The van der Waals surface area contributed by atoms with E-state index in [1.807, 2.05) is 47.8 Å². The lowest BCUT2D eigenvalue weighted by Crippen LogP contribution is -2.07. The van der Waals surface area contributed by atoms with Gasteiger partial charge in [0.05, 0.1) is 20.6 Å². The molecule has 0 aromatic heterocycles. The molecule has 1 nitrogen and oxygen atoms in total. The van der Waals surface area contributed by atoms with E-state index in [1.165, 1.54) is 54.3 Å². The van der Waals surface area contributed by atoms with Crippen molar-refractivity contribution in [2.24, 2.45) is 0 Å². The Balaban J connectivity index is 1.59. The second kappa shape index (κ2) is 7.27. The van der Waals surface area contributed by atoms with Crippen LogP contribution in [0.3, 0.4) is 0 Å². The molecule has 5 heteroatoms. The van der Waals surface area contributed by atoms with E-state index in [0.29, 0.717) is 0 Å². The van der Waals surface area contributed by atoms with Crippen molar-refractivity contribution in [1.82, 2.24) is 0 Å². The van der Waals surface area contributed by atoms with E-state index >= 15 is 0 Å². The predicted octanol–water partition coefficient (Wildman–Crippen LogP) is 8.27. The monoisotopic (exact) mass is 430 g/mol. The second-order valence-electron chi connectivity index (χ2n) is 7.35. The van der Waals surface area contributed by atoms with Crippen molar-refractivity contribution in [1.29, 1.82) is 0 Å². The summed E-state index contributed by atoms with van der Waals surface area (Å²) in [5.74, 6) is 0.